The molecule has 0 aliphatic rings. The van der Waals surface area contributed by atoms with Crippen molar-refractivity contribution in [3.8, 4) is 11.8 Å². The van der Waals surface area contributed by atoms with Crippen LogP contribution in [0.3, 0.4) is 0 Å². The zero-order valence-corrected chi connectivity index (χ0v) is 12.9. The molecular formula is C14H6ClF6N3O. The Morgan fingerprint density at radius 1 is 1.16 bits per heavy atom. The summed E-state index contributed by atoms with van der Waals surface area (Å²) in [5.74, 6) is 0. The molecule has 0 fully saturated rings. The second-order valence-electron chi connectivity index (χ2n) is 4.85. The number of hydrogen-bond acceptors (Lipinski definition) is 3. The summed E-state index contributed by atoms with van der Waals surface area (Å²) in [7, 11) is 0. The first kappa shape index (κ1) is 18.8. The number of nitriles is 1. The molecule has 4 nitrogen and oxygen atoms in total. The largest absolute Gasteiger partial charge is 0.433 e. The molecule has 11 heteroatoms. The highest BCUT2D eigenvalue weighted by atomic mass is 35.5. The van der Waals surface area contributed by atoms with Crippen molar-refractivity contribution in [2.75, 3.05) is 0 Å². The fourth-order valence-corrected chi connectivity index (χ4v) is 2.39. The van der Waals surface area contributed by atoms with Crippen LogP contribution in [0.4, 0.5) is 26.3 Å². The van der Waals surface area contributed by atoms with Crippen molar-refractivity contribution in [2.24, 2.45) is 0 Å². The molecule has 132 valence electrons. The highest BCUT2D eigenvalue weighted by Gasteiger charge is 2.36. The lowest BCUT2D eigenvalue weighted by atomic mass is 10.1. The number of nitrogens with zero attached hydrogens (tertiary/aromatic N) is 3. The number of halogens is 7. The van der Waals surface area contributed by atoms with Crippen LogP contribution in [-0.2, 0) is 12.4 Å². The minimum Gasteiger partial charge on any atom is -0.269 e. The van der Waals surface area contributed by atoms with E-state index in [1.165, 1.54) is 6.07 Å². The molecule has 1 aromatic carbocycles. The molecule has 0 aliphatic carbocycles. The average molecular weight is 382 g/mol. The third kappa shape index (κ3) is 3.46. The van der Waals surface area contributed by atoms with Gasteiger partial charge in [0, 0.05) is 5.56 Å². The van der Waals surface area contributed by atoms with E-state index < -0.39 is 51.0 Å². The van der Waals surface area contributed by atoms with E-state index in [0.717, 1.165) is 6.92 Å². The zero-order chi connectivity index (χ0) is 19.2. The van der Waals surface area contributed by atoms with Gasteiger partial charge in [0.05, 0.1) is 21.8 Å². The second kappa shape index (κ2) is 6.07. The summed E-state index contributed by atoms with van der Waals surface area (Å²) >= 11 is 5.75. The van der Waals surface area contributed by atoms with Gasteiger partial charge in [0.2, 0.25) is 0 Å². The van der Waals surface area contributed by atoms with Gasteiger partial charge in [-0.2, -0.15) is 31.6 Å². The van der Waals surface area contributed by atoms with Gasteiger partial charge in [0.25, 0.3) is 5.56 Å². The summed E-state index contributed by atoms with van der Waals surface area (Å²) in [6.07, 6.45) is -9.22. The number of rotatable bonds is 1. The summed E-state index contributed by atoms with van der Waals surface area (Å²) in [6, 6.07) is 2.36. The summed E-state index contributed by atoms with van der Waals surface area (Å²) < 4.78 is 77.1. The molecule has 0 saturated heterocycles. The van der Waals surface area contributed by atoms with Crippen LogP contribution in [0.15, 0.2) is 23.3 Å². The van der Waals surface area contributed by atoms with Crippen LogP contribution in [0.5, 0.6) is 0 Å². The molecule has 0 amide bonds. The van der Waals surface area contributed by atoms with E-state index in [0.29, 0.717) is 23.0 Å². The van der Waals surface area contributed by atoms with Gasteiger partial charge in [-0.3, -0.25) is 9.36 Å². The Hall–Kier alpha value is -2.54. The van der Waals surface area contributed by atoms with Gasteiger partial charge >= 0.3 is 12.4 Å². The number of benzene rings is 1. The van der Waals surface area contributed by atoms with Crippen LogP contribution < -0.4 is 5.56 Å². The molecule has 2 rings (SSSR count). The molecule has 0 spiro atoms. The van der Waals surface area contributed by atoms with Crippen molar-refractivity contribution in [1.82, 2.24) is 9.55 Å². The van der Waals surface area contributed by atoms with Crippen LogP contribution >= 0.6 is 11.6 Å². The topological polar surface area (TPSA) is 58.7 Å². The number of hydrogen-bond donors (Lipinski definition) is 0. The molecule has 0 unspecified atom stereocenters. The molecule has 0 aliphatic heterocycles. The Balaban J connectivity index is 2.79. The number of alkyl halides is 6. The third-order valence-corrected chi connectivity index (χ3v) is 3.51. The second-order valence-corrected chi connectivity index (χ2v) is 5.26. The maximum absolute atomic E-state index is 12.8. The lowest BCUT2D eigenvalue weighted by Crippen LogP contribution is -2.27. The zero-order valence-electron chi connectivity index (χ0n) is 12.1. The van der Waals surface area contributed by atoms with Crippen LogP contribution in [-0.4, -0.2) is 9.55 Å². The van der Waals surface area contributed by atoms with Crippen LogP contribution in [0, 0.1) is 18.3 Å². The standard InChI is InChI=1S/C14H6ClF6N3O/c1-6-11(14(19,20)21)23-5-24(12(6)25)10-7(4-22)2-8(3-9(10)15)13(16,17)18/h2-3,5H,1H3. The fraction of sp³-hybridized carbons (Fsp3) is 0.214. The van der Waals surface area contributed by atoms with Crippen molar-refractivity contribution < 1.29 is 26.3 Å². The van der Waals surface area contributed by atoms with E-state index in [1.807, 2.05) is 0 Å². The first-order chi connectivity index (χ1) is 11.4. The number of aromatic nitrogens is 2. The van der Waals surface area contributed by atoms with Crippen molar-refractivity contribution >= 4 is 11.6 Å². The quantitative estimate of drug-likeness (QED) is 0.699. The SMILES string of the molecule is Cc1c(C(F)(F)F)ncn(-c2c(Cl)cc(C(F)(F)F)cc2C#N)c1=O. The maximum Gasteiger partial charge on any atom is 0.433 e. The van der Waals surface area contributed by atoms with Crippen LogP contribution in [0.2, 0.25) is 5.02 Å². The smallest absolute Gasteiger partial charge is 0.269 e. The highest BCUT2D eigenvalue weighted by molar-refractivity contribution is 6.32. The lowest BCUT2D eigenvalue weighted by molar-refractivity contribution is -0.142. The minimum absolute atomic E-state index is 0.445. The van der Waals surface area contributed by atoms with E-state index in [-0.39, 0.29) is 0 Å². The third-order valence-electron chi connectivity index (χ3n) is 3.22. The van der Waals surface area contributed by atoms with Gasteiger partial charge in [-0.25, -0.2) is 4.98 Å². The van der Waals surface area contributed by atoms with Gasteiger partial charge in [-0.05, 0) is 19.1 Å². The molecular weight excluding hydrogens is 376 g/mol. The molecule has 1 heterocycles. The summed E-state index contributed by atoms with van der Waals surface area (Å²) in [6.45, 7) is 0.860. The molecule has 0 bridgehead atoms. The Bertz CT molecular complexity index is 940. The highest BCUT2D eigenvalue weighted by Crippen LogP contribution is 2.35. The van der Waals surface area contributed by atoms with Gasteiger partial charge in [-0.1, -0.05) is 11.6 Å². The first-order valence-electron chi connectivity index (χ1n) is 6.34. The lowest BCUT2D eigenvalue weighted by Gasteiger charge is -2.15. The summed E-state index contributed by atoms with van der Waals surface area (Å²) in [5, 5.41) is 8.42. The summed E-state index contributed by atoms with van der Waals surface area (Å²) in [5.41, 5.74) is -5.78. The van der Waals surface area contributed by atoms with Crippen molar-refractivity contribution in [3.05, 3.63) is 56.2 Å². The van der Waals surface area contributed by atoms with E-state index in [9.17, 15) is 31.1 Å². The molecule has 25 heavy (non-hydrogen) atoms. The molecule has 2 aromatic rings. The van der Waals surface area contributed by atoms with Gasteiger partial charge in [0.15, 0.2) is 5.69 Å². The van der Waals surface area contributed by atoms with E-state index in [4.69, 9.17) is 16.9 Å². The van der Waals surface area contributed by atoms with Gasteiger partial charge < -0.3 is 0 Å². The molecule has 0 N–H and O–H groups in total. The van der Waals surface area contributed by atoms with Gasteiger partial charge in [0.1, 0.15) is 12.4 Å². The monoisotopic (exact) mass is 381 g/mol. The first-order valence-corrected chi connectivity index (χ1v) is 6.72. The Morgan fingerprint density at radius 3 is 2.24 bits per heavy atom. The van der Waals surface area contributed by atoms with E-state index >= 15 is 0 Å². The average Bonchev–Trinajstić information content (AvgIpc) is 2.47. The predicted octanol–water partition coefficient (Wildman–Crippen LogP) is 4.10. The minimum atomic E-state index is -4.88. The molecule has 1 aromatic heterocycles. The van der Waals surface area contributed by atoms with Crippen molar-refractivity contribution in [2.45, 2.75) is 19.3 Å². The van der Waals surface area contributed by atoms with Crippen LogP contribution in [0.1, 0.15) is 22.4 Å². The normalized spacial score (nSPS) is 12.1. The predicted molar refractivity (Wildman–Crippen MR) is 74.3 cm³/mol. The maximum atomic E-state index is 12.8. The fourth-order valence-electron chi connectivity index (χ4n) is 2.08. The van der Waals surface area contributed by atoms with Crippen molar-refractivity contribution in [3.63, 3.8) is 0 Å². The molecule has 0 saturated carbocycles. The van der Waals surface area contributed by atoms with E-state index in [1.54, 1.807) is 0 Å². The van der Waals surface area contributed by atoms with Gasteiger partial charge in [-0.15, -0.1) is 0 Å². The Labute approximate surface area is 140 Å². The molecule has 0 atom stereocenters. The van der Waals surface area contributed by atoms with Crippen molar-refractivity contribution in [1.29, 1.82) is 5.26 Å². The Morgan fingerprint density at radius 2 is 1.76 bits per heavy atom. The van der Waals surface area contributed by atoms with E-state index in [2.05, 4.69) is 4.98 Å². The molecule has 0 radical (unpaired) electrons. The Kier molecular flexibility index (Phi) is 4.57. The van der Waals surface area contributed by atoms with Crippen LogP contribution in [0.25, 0.3) is 5.69 Å². The summed E-state index contributed by atoms with van der Waals surface area (Å²) in [4.78, 5) is 15.3.